The molecule has 0 heterocycles. The van der Waals surface area contributed by atoms with Crippen LogP contribution in [0.15, 0.2) is 0 Å². The average Bonchev–Trinajstić information content (AvgIpc) is 1.84. The molecule has 0 saturated carbocycles. The highest BCUT2D eigenvalue weighted by molar-refractivity contribution is 6.24. The number of carbonyl (C=O) groups is 1. The molecular formula is C4H2ClF6NO. The van der Waals surface area contributed by atoms with Crippen LogP contribution in [0.1, 0.15) is 0 Å². The Labute approximate surface area is 72.8 Å². The lowest BCUT2D eigenvalue weighted by Crippen LogP contribution is -2.58. The molecule has 0 aliphatic heterocycles. The maximum absolute atomic E-state index is 12.2. The minimum atomic E-state index is -5.99. The zero-order chi connectivity index (χ0) is 10.9. The molecule has 1 amide bonds. The van der Waals surface area contributed by atoms with Gasteiger partial charge in [-0.3, -0.25) is 10.1 Å². The summed E-state index contributed by atoms with van der Waals surface area (Å²) in [6, 6.07) is -5.21. The first-order valence-corrected chi connectivity index (χ1v) is 2.98. The minimum absolute atomic E-state index is 0.328. The van der Waals surface area contributed by atoms with Crippen LogP contribution in [0.2, 0.25) is 0 Å². The van der Waals surface area contributed by atoms with E-state index in [1.54, 1.807) is 0 Å². The summed E-state index contributed by atoms with van der Waals surface area (Å²) in [6.45, 7) is 0. The standard InChI is InChI=1S/C4H2ClF6NO/c5-2(6,3(7,8)9)4(10,11)12-1-13/h1H,(H,12,13). The highest BCUT2D eigenvalue weighted by atomic mass is 35.5. The zero-order valence-electron chi connectivity index (χ0n) is 5.63. The van der Waals surface area contributed by atoms with Crippen LogP contribution in [0.4, 0.5) is 26.3 Å². The van der Waals surface area contributed by atoms with E-state index < -0.39 is 23.8 Å². The molecule has 13 heavy (non-hydrogen) atoms. The van der Waals surface area contributed by atoms with Gasteiger partial charge in [0.25, 0.3) is 0 Å². The van der Waals surface area contributed by atoms with Crippen molar-refractivity contribution >= 4 is 18.0 Å². The van der Waals surface area contributed by atoms with Crippen molar-refractivity contribution in [2.75, 3.05) is 0 Å². The molecule has 0 saturated heterocycles. The Kier molecular flexibility index (Phi) is 3.08. The van der Waals surface area contributed by atoms with Gasteiger partial charge in [0, 0.05) is 0 Å². The van der Waals surface area contributed by atoms with Gasteiger partial charge in [0.2, 0.25) is 6.41 Å². The largest absolute Gasteiger partial charge is 0.445 e. The summed E-state index contributed by atoms with van der Waals surface area (Å²) in [5.74, 6) is 0. The minimum Gasteiger partial charge on any atom is -0.296 e. The number of carbonyl (C=O) groups excluding carboxylic acids is 1. The summed E-state index contributed by atoms with van der Waals surface area (Å²) in [5, 5.41) is -4.99. The van der Waals surface area contributed by atoms with Gasteiger partial charge in [0.1, 0.15) is 0 Å². The summed E-state index contributed by atoms with van der Waals surface area (Å²) in [7, 11) is 0. The molecule has 2 nitrogen and oxygen atoms in total. The summed E-state index contributed by atoms with van der Waals surface area (Å²) in [4.78, 5) is 9.41. The van der Waals surface area contributed by atoms with E-state index in [1.807, 2.05) is 0 Å². The fraction of sp³-hybridized carbons (Fsp3) is 0.750. The summed E-state index contributed by atoms with van der Waals surface area (Å²) in [5.41, 5.74) is 0. The van der Waals surface area contributed by atoms with Crippen molar-refractivity contribution in [3.05, 3.63) is 0 Å². The van der Waals surface area contributed by atoms with E-state index in [9.17, 15) is 31.1 Å². The first kappa shape index (κ1) is 12.3. The predicted octanol–water partition coefficient (Wildman–Crippen LogP) is 1.79. The monoisotopic (exact) mass is 229 g/mol. The predicted molar refractivity (Wildman–Crippen MR) is 29.9 cm³/mol. The number of rotatable bonds is 3. The quantitative estimate of drug-likeness (QED) is 0.340. The molecule has 0 bridgehead atoms. The van der Waals surface area contributed by atoms with Gasteiger partial charge in [-0.15, -0.1) is 0 Å². The highest BCUT2D eigenvalue weighted by Gasteiger charge is 2.71. The second-order valence-corrected chi connectivity index (χ2v) is 2.43. The maximum atomic E-state index is 12.2. The third-order valence-corrected chi connectivity index (χ3v) is 1.44. The van der Waals surface area contributed by atoms with E-state index in [2.05, 4.69) is 11.6 Å². The Morgan fingerprint density at radius 2 is 1.46 bits per heavy atom. The molecule has 0 aromatic heterocycles. The van der Waals surface area contributed by atoms with Crippen LogP contribution < -0.4 is 5.32 Å². The van der Waals surface area contributed by atoms with E-state index in [1.165, 1.54) is 0 Å². The SMILES string of the molecule is O=CNC(F)(F)C(F)(Cl)C(F)(F)F. The van der Waals surface area contributed by atoms with Gasteiger partial charge >= 0.3 is 17.4 Å². The van der Waals surface area contributed by atoms with Crippen molar-refractivity contribution in [3.8, 4) is 0 Å². The molecule has 1 unspecified atom stereocenters. The van der Waals surface area contributed by atoms with Crippen LogP contribution in [0, 0.1) is 0 Å². The van der Waals surface area contributed by atoms with Crippen molar-refractivity contribution in [3.63, 3.8) is 0 Å². The van der Waals surface area contributed by atoms with Gasteiger partial charge in [-0.2, -0.15) is 22.0 Å². The average molecular weight is 230 g/mol. The molecule has 0 aromatic rings. The molecule has 0 aliphatic carbocycles. The third-order valence-electron chi connectivity index (χ3n) is 0.991. The molecule has 1 N–H and O–H groups in total. The zero-order valence-corrected chi connectivity index (χ0v) is 6.39. The summed E-state index contributed by atoms with van der Waals surface area (Å²) in [6.07, 6.45) is -6.78. The third kappa shape index (κ3) is 2.17. The summed E-state index contributed by atoms with van der Waals surface area (Å²) >= 11 is 3.92. The lowest BCUT2D eigenvalue weighted by molar-refractivity contribution is -0.271. The molecule has 0 spiro atoms. The van der Waals surface area contributed by atoms with Crippen LogP contribution in [-0.4, -0.2) is 23.8 Å². The number of hydrogen-bond acceptors (Lipinski definition) is 1. The number of halogens is 7. The normalized spacial score (nSPS) is 17.8. The first-order chi connectivity index (χ1) is 5.56. The van der Waals surface area contributed by atoms with Gasteiger partial charge in [0.15, 0.2) is 0 Å². The molecule has 1 atom stereocenters. The van der Waals surface area contributed by atoms with Crippen molar-refractivity contribution in [2.24, 2.45) is 0 Å². The molecule has 78 valence electrons. The summed E-state index contributed by atoms with van der Waals surface area (Å²) < 4.78 is 71.0. The molecule has 9 heteroatoms. The lowest BCUT2D eigenvalue weighted by Gasteiger charge is -2.28. The molecule has 0 aliphatic rings. The first-order valence-electron chi connectivity index (χ1n) is 2.60. The number of amides is 1. The second-order valence-electron chi connectivity index (χ2n) is 1.91. The smallest absolute Gasteiger partial charge is 0.296 e. The van der Waals surface area contributed by atoms with Crippen molar-refractivity contribution < 1.29 is 31.1 Å². The van der Waals surface area contributed by atoms with Crippen LogP contribution in [-0.2, 0) is 4.79 Å². The van der Waals surface area contributed by atoms with Gasteiger partial charge in [-0.25, -0.2) is 4.39 Å². The molecule has 0 radical (unpaired) electrons. The topological polar surface area (TPSA) is 29.1 Å². The van der Waals surface area contributed by atoms with Gasteiger partial charge < -0.3 is 0 Å². The lowest BCUT2D eigenvalue weighted by atomic mass is 10.3. The van der Waals surface area contributed by atoms with Crippen molar-refractivity contribution in [1.29, 1.82) is 0 Å². The molecule has 0 rings (SSSR count). The van der Waals surface area contributed by atoms with Gasteiger partial charge in [0.05, 0.1) is 0 Å². The fourth-order valence-electron chi connectivity index (χ4n) is 0.343. The van der Waals surface area contributed by atoms with Gasteiger partial charge in [-0.1, -0.05) is 11.6 Å². The van der Waals surface area contributed by atoms with E-state index in [-0.39, 0.29) is 0 Å². The van der Waals surface area contributed by atoms with Crippen LogP contribution >= 0.6 is 11.6 Å². The Hall–Kier alpha value is -0.660. The Morgan fingerprint density at radius 1 is 1.08 bits per heavy atom. The van der Waals surface area contributed by atoms with E-state index in [0.29, 0.717) is 5.32 Å². The number of hydrogen-bond donors (Lipinski definition) is 1. The van der Waals surface area contributed by atoms with Crippen molar-refractivity contribution in [2.45, 2.75) is 17.4 Å². The van der Waals surface area contributed by atoms with E-state index in [4.69, 9.17) is 0 Å². The molecular weight excluding hydrogens is 227 g/mol. The van der Waals surface area contributed by atoms with Gasteiger partial charge in [-0.05, 0) is 0 Å². The number of alkyl halides is 7. The van der Waals surface area contributed by atoms with E-state index in [0.717, 1.165) is 0 Å². The Balaban J connectivity index is 4.91. The number of nitrogens with one attached hydrogen (secondary N) is 1. The highest BCUT2D eigenvalue weighted by Crippen LogP contribution is 2.46. The second kappa shape index (κ2) is 3.24. The molecule has 0 fully saturated rings. The maximum Gasteiger partial charge on any atom is 0.445 e. The Morgan fingerprint density at radius 3 is 1.69 bits per heavy atom. The Bertz CT molecular complexity index is 201. The van der Waals surface area contributed by atoms with Crippen molar-refractivity contribution in [1.82, 2.24) is 5.32 Å². The van der Waals surface area contributed by atoms with Crippen LogP contribution in [0.3, 0.4) is 0 Å². The molecule has 0 aromatic carbocycles. The van der Waals surface area contributed by atoms with E-state index >= 15 is 0 Å². The fourth-order valence-corrected chi connectivity index (χ4v) is 0.397. The van der Waals surface area contributed by atoms with Crippen LogP contribution in [0.5, 0.6) is 0 Å². The van der Waals surface area contributed by atoms with Crippen LogP contribution in [0.25, 0.3) is 0 Å².